The van der Waals surface area contributed by atoms with Crippen LogP contribution in [0.2, 0.25) is 0 Å². The fourth-order valence-corrected chi connectivity index (χ4v) is 2.04. The predicted molar refractivity (Wildman–Crippen MR) is 78.7 cm³/mol. The van der Waals surface area contributed by atoms with Gasteiger partial charge in [-0.05, 0) is 57.9 Å². The van der Waals surface area contributed by atoms with Crippen molar-refractivity contribution in [3.8, 4) is 0 Å². The average molecular weight is 258 g/mol. The zero-order valence-corrected chi connectivity index (χ0v) is 12.3. The molecule has 102 valence electrons. The van der Waals surface area contributed by atoms with Crippen LogP contribution in [-0.2, 0) is 4.74 Å². The lowest BCUT2D eigenvalue weighted by Crippen LogP contribution is -2.27. The summed E-state index contributed by atoms with van der Waals surface area (Å²) < 4.78 is 5.86. The summed E-state index contributed by atoms with van der Waals surface area (Å²) in [5.74, 6) is 0.621. The Morgan fingerprint density at radius 1 is 1.16 bits per heavy atom. The summed E-state index contributed by atoms with van der Waals surface area (Å²) in [6.45, 7) is 9.59. The first kappa shape index (κ1) is 13.9. The molecule has 0 saturated carbocycles. The maximum absolute atomic E-state index is 10.0. The summed E-state index contributed by atoms with van der Waals surface area (Å²) in [7, 11) is 0. The zero-order chi connectivity index (χ0) is 14.3. The van der Waals surface area contributed by atoms with Gasteiger partial charge in [0.15, 0.2) is 0 Å². The van der Waals surface area contributed by atoms with Gasteiger partial charge < -0.3 is 9.84 Å². The molecule has 0 spiro atoms. The minimum absolute atomic E-state index is 0.403. The first-order valence-electron chi connectivity index (χ1n) is 6.61. The van der Waals surface area contributed by atoms with E-state index >= 15 is 0 Å². The third kappa shape index (κ3) is 3.07. The fraction of sp³-hybridized carbons (Fsp3) is 0.412. The van der Waals surface area contributed by atoms with Gasteiger partial charge in [-0.2, -0.15) is 0 Å². The smallest absolute Gasteiger partial charge is 0.129 e. The van der Waals surface area contributed by atoms with Crippen molar-refractivity contribution in [2.75, 3.05) is 0 Å². The van der Waals surface area contributed by atoms with Gasteiger partial charge in [-0.25, -0.2) is 0 Å². The number of ether oxygens (including phenoxy) is 1. The lowest BCUT2D eigenvalue weighted by molar-refractivity contribution is -0.00103. The molecule has 1 aliphatic heterocycles. The van der Waals surface area contributed by atoms with Crippen LogP contribution in [0.15, 0.2) is 41.7 Å². The van der Waals surface area contributed by atoms with Crippen LogP contribution in [-0.4, -0.2) is 16.3 Å². The van der Waals surface area contributed by atoms with Gasteiger partial charge in [0.1, 0.15) is 17.0 Å². The Kier molecular flexibility index (Phi) is 3.31. The minimum Gasteiger partial charge on any atom is -0.484 e. The molecule has 1 heterocycles. The molecule has 1 aliphatic rings. The van der Waals surface area contributed by atoms with Crippen molar-refractivity contribution in [3.05, 3.63) is 52.8 Å². The Morgan fingerprint density at radius 3 is 2.21 bits per heavy atom. The van der Waals surface area contributed by atoms with Crippen LogP contribution in [0, 0.1) is 6.92 Å². The molecule has 1 aromatic carbocycles. The second-order valence-corrected chi connectivity index (χ2v) is 6.19. The summed E-state index contributed by atoms with van der Waals surface area (Å²) in [6, 6.07) is 8.37. The van der Waals surface area contributed by atoms with E-state index in [9.17, 15) is 5.11 Å². The Bertz CT molecular complexity index is 525. The molecule has 0 saturated heterocycles. The molecular weight excluding hydrogens is 236 g/mol. The summed E-state index contributed by atoms with van der Waals surface area (Å²) in [4.78, 5) is 0. The van der Waals surface area contributed by atoms with E-state index in [1.54, 1.807) is 13.8 Å². The van der Waals surface area contributed by atoms with Crippen molar-refractivity contribution < 1.29 is 9.84 Å². The second kappa shape index (κ2) is 4.53. The molecule has 0 unspecified atom stereocenters. The van der Waals surface area contributed by atoms with Gasteiger partial charge in [-0.3, -0.25) is 0 Å². The van der Waals surface area contributed by atoms with Gasteiger partial charge >= 0.3 is 0 Å². The molecule has 0 aromatic heterocycles. The zero-order valence-electron chi connectivity index (χ0n) is 12.3. The van der Waals surface area contributed by atoms with Crippen LogP contribution >= 0.6 is 0 Å². The Labute approximate surface area is 115 Å². The van der Waals surface area contributed by atoms with E-state index in [1.165, 1.54) is 5.56 Å². The summed E-state index contributed by atoms with van der Waals surface area (Å²) in [5.41, 5.74) is 2.12. The molecule has 2 rings (SSSR count). The van der Waals surface area contributed by atoms with Crippen molar-refractivity contribution in [3.63, 3.8) is 0 Å². The number of hydrogen-bond acceptors (Lipinski definition) is 2. The molecule has 0 atom stereocenters. The van der Waals surface area contributed by atoms with Crippen molar-refractivity contribution in [1.82, 2.24) is 0 Å². The van der Waals surface area contributed by atoms with E-state index in [1.807, 2.05) is 19.9 Å². The Morgan fingerprint density at radius 2 is 1.74 bits per heavy atom. The number of aliphatic hydroxyl groups is 1. The number of hydrogen-bond donors (Lipinski definition) is 1. The van der Waals surface area contributed by atoms with Crippen LogP contribution in [0.3, 0.4) is 0 Å². The highest BCUT2D eigenvalue weighted by Crippen LogP contribution is 2.38. The van der Waals surface area contributed by atoms with Crippen molar-refractivity contribution in [2.45, 2.75) is 45.8 Å². The van der Waals surface area contributed by atoms with Crippen molar-refractivity contribution in [1.29, 1.82) is 0 Å². The average Bonchev–Trinajstić information content (AvgIpc) is 2.57. The second-order valence-electron chi connectivity index (χ2n) is 6.19. The molecule has 0 bridgehead atoms. The molecule has 1 aromatic rings. The van der Waals surface area contributed by atoms with E-state index in [0.29, 0.717) is 5.76 Å². The summed E-state index contributed by atoms with van der Waals surface area (Å²) >= 11 is 0. The predicted octanol–water partition coefficient (Wildman–Crippen LogP) is 3.84. The van der Waals surface area contributed by atoms with Crippen molar-refractivity contribution >= 4 is 6.08 Å². The van der Waals surface area contributed by atoms with E-state index in [0.717, 1.165) is 11.1 Å². The molecule has 0 radical (unpaired) electrons. The third-order valence-electron chi connectivity index (χ3n) is 3.35. The molecular formula is C17H22O2. The van der Waals surface area contributed by atoms with Crippen LogP contribution in [0.25, 0.3) is 6.08 Å². The molecule has 0 amide bonds. The summed E-state index contributed by atoms with van der Waals surface area (Å²) in [6.07, 6.45) is 4.05. The lowest BCUT2D eigenvalue weighted by Gasteiger charge is -2.26. The molecule has 1 N–H and O–H groups in total. The quantitative estimate of drug-likeness (QED) is 0.873. The highest BCUT2D eigenvalue weighted by molar-refractivity contribution is 5.60. The maximum atomic E-state index is 10.0. The Hall–Kier alpha value is -1.54. The lowest BCUT2D eigenvalue weighted by atomic mass is 9.96. The van der Waals surface area contributed by atoms with E-state index < -0.39 is 11.2 Å². The third-order valence-corrected chi connectivity index (χ3v) is 3.35. The normalized spacial score (nSPS) is 20.3. The van der Waals surface area contributed by atoms with Crippen LogP contribution in [0.1, 0.15) is 38.8 Å². The van der Waals surface area contributed by atoms with Gasteiger partial charge in [-0.15, -0.1) is 0 Å². The van der Waals surface area contributed by atoms with E-state index in [-0.39, 0.29) is 0 Å². The molecule has 19 heavy (non-hydrogen) atoms. The van der Waals surface area contributed by atoms with E-state index in [2.05, 4.69) is 37.3 Å². The van der Waals surface area contributed by atoms with Gasteiger partial charge in [0.2, 0.25) is 0 Å². The van der Waals surface area contributed by atoms with Crippen LogP contribution < -0.4 is 0 Å². The first-order chi connectivity index (χ1) is 8.68. The highest BCUT2D eigenvalue weighted by atomic mass is 16.5. The highest BCUT2D eigenvalue weighted by Gasteiger charge is 2.37. The molecule has 2 heteroatoms. The number of aryl methyl sites for hydroxylation is 1. The number of benzene rings is 1. The Balaban J connectivity index is 2.37. The largest absolute Gasteiger partial charge is 0.484 e. The standard InChI is InChI=1S/C17H22O2/c1-12-6-8-13(9-7-12)10-14-11-15(16(2,3)18)19-17(14,4)5/h6-11,18H,1-5H3/b14-10-. The van der Waals surface area contributed by atoms with Crippen LogP contribution in [0.4, 0.5) is 0 Å². The molecule has 0 aliphatic carbocycles. The van der Waals surface area contributed by atoms with Crippen LogP contribution in [0.5, 0.6) is 0 Å². The topological polar surface area (TPSA) is 29.5 Å². The van der Waals surface area contributed by atoms with Gasteiger partial charge in [-0.1, -0.05) is 29.8 Å². The molecule has 2 nitrogen and oxygen atoms in total. The van der Waals surface area contributed by atoms with Gasteiger partial charge in [0, 0.05) is 0 Å². The minimum atomic E-state index is -0.944. The maximum Gasteiger partial charge on any atom is 0.129 e. The van der Waals surface area contributed by atoms with E-state index in [4.69, 9.17) is 4.74 Å². The fourth-order valence-electron chi connectivity index (χ4n) is 2.04. The SMILES string of the molecule is Cc1ccc(/C=C2/C=C(C(C)(C)O)OC2(C)C)cc1. The molecule has 0 fully saturated rings. The first-order valence-corrected chi connectivity index (χ1v) is 6.61. The van der Waals surface area contributed by atoms with Crippen molar-refractivity contribution in [2.24, 2.45) is 0 Å². The monoisotopic (exact) mass is 258 g/mol. The van der Waals surface area contributed by atoms with Gasteiger partial charge in [0.05, 0.1) is 0 Å². The summed E-state index contributed by atoms with van der Waals surface area (Å²) in [5, 5.41) is 10.0. The number of rotatable bonds is 2. The van der Waals surface area contributed by atoms with Gasteiger partial charge in [0.25, 0.3) is 0 Å².